The highest BCUT2D eigenvalue weighted by atomic mass is 32.1. The van der Waals surface area contributed by atoms with E-state index in [0.29, 0.717) is 16.6 Å². The van der Waals surface area contributed by atoms with E-state index in [1.807, 2.05) is 18.2 Å². The first kappa shape index (κ1) is 22.7. The second kappa shape index (κ2) is 10.4. The van der Waals surface area contributed by atoms with Crippen molar-refractivity contribution in [1.29, 1.82) is 0 Å². The number of rotatable bonds is 8. The molecular formula is C23H22N6O2S2. The first-order valence-electron chi connectivity index (χ1n) is 10.4. The van der Waals surface area contributed by atoms with E-state index in [9.17, 15) is 4.79 Å². The number of carbonyl (C=O) groups excluding carboxylic acids is 1. The Kier molecular flexibility index (Phi) is 7.16. The average Bonchev–Trinajstić information content (AvgIpc) is 3.37. The summed E-state index contributed by atoms with van der Waals surface area (Å²) in [5, 5.41) is 18.5. The Hall–Kier alpha value is -3.50. The van der Waals surface area contributed by atoms with Gasteiger partial charge < -0.3 is 9.64 Å². The van der Waals surface area contributed by atoms with Crippen LogP contribution in [0, 0.1) is 0 Å². The summed E-state index contributed by atoms with van der Waals surface area (Å²) in [5.41, 5.74) is 2.63. The molecule has 0 bridgehead atoms. The fourth-order valence-electron chi connectivity index (χ4n) is 3.08. The Labute approximate surface area is 199 Å². The van der Waals surface area contributed by atoms with Crippen molar-refractivity contribution in [1.82, 2.24) is 4.98 Å². The summed E-state index contributed by atoms with van der Waals surface area (Å²) >= 11 is 2.91. The number of hydrogen-bond donors (Lipinski definition) is 0. The smallest absolute Gasteiger partial charge is 0.308 e. The molecule has 0 saturated carbocycles. The molecule has 0 radical (unpaired) electrons. The molecule has 4 aromatic rings. The molecule has 168 valence electrons. The van der Waals surface area contributed by atoms with E-state index in [4.69, 9.17) is 4.74 Å². The SMILES string of the molecule is CCN(CC)c1ccc(N=Nc2nc3sc(N=Nc4ccc(OC(C)=O)cc4)cc3s2)cc1. The normalized spacial score (nSPS) is 11.6. The number of thiazole rings is 1. The largest absolute Gasteiger partial charge is 0.427 e. The molecule has 0 amide bonds. The first-order chi connectivity index (χ1) is 16.0. The van der Waals surface area contributed by atoms with Gasteiger partial charge in [0.05, 0.1) is 16.1 Å². The summed E-state index contributed by atoms with van der Waals surface area (Å²) in [7, 11) is 0. The number of ether oxygens (including phenoxy) is 1. The molecule has 2 aromatic carbocycles. The number of nitrogens with zero attached hydrogens (tertiary/aromatic N) is 6. The zero-order chi connectivity index (χ0) is 23.2. The second-order valence-corrected chi connectivity index (χ2v) is 8.94. The van der Waals surface area contributed by atoms with Crippen molar-refractivity contribution in [2.75, 3.05) is 18.0 Å². The van der Waals surface area contributed by atoms with Crippen LogP contribution in [0.3, 0.4) is 0 Å². The van der Waals surface area contributed by atoms with Crippen LogP contribution in [-0.2, 0) is 4.79 Å². The zero-order valence-corrected chi connectivity index (χ0v) is 20.1. The number of fused-ring (bicyclic) bond motifs is 1. The highest BCUT2D eigenvalue weighted by Crippen LogP contribution is 2.39. The van der Waals surface area contributed by atoms with Crippen molar-refractivity contribution < 1.29 is 9.53 Å². The summed E-state index contributed by atoms with van der Waals surface area (Å²) in [6, 6.07) is 16.8. The number of hydrogen-bond acceptors (Lipinski definition) is 10. The summed E-state index contributed by atoms with van der Waals surface area (Å²) in [5.74, 6) is 0.117. The van der Waals surface area contributed by atoms with Crippen LogP contribution in [0.25, 0.3) is 9.53 Å². The van der Waals surface area contributed by atoms with E-state index >= 15 is 0 Å². The Balaban J connectivity index is 1.40. The molecule has 33 heavy (non-hydrogen) atoms. The van der Waals surface area contributed by atoms with Gasteiger partial charge >= 0.3 is 5.97 Å². The number of aromatic nitrogens is 1. The van der Waals surface area contributed by atoms with Crippen molar-refractivity contribution in [3.8, 4) is 5.75 Å². The summed E-state index contributed by atoms with van der Waals surface area (Å²) in [6.07, 6.45) is 0. The summed E-state index contributed by atoms with van der Waals surface area (Å²) < 4.78 is 6.00. The van der Waals surface area contributed by atoms with Crippen LogP contribution < -0.4 is 9.64 Å². The van der Waals surface area contributed by atoms with E-state index in [-0.39, 0.29) is 5.97 Å². The third-order valence-corrected chi connectivity index (χ3v) is 6.59. The van der Waals surface area contributed by atoms with E-state index in [0.717, 1.165) is 33.3 Å². The molecule has 0 spiro atoms. The number of thiophene rings is 1. The minimum absolute atomic E-state index is 0.359. The van der Waals surface area contributed by atoms with Crippen molar-refractivity contribution in [2.45, 2.75) is 20.8 Å². The van der Waals surface area contributed by atoms with Gasteiger partial charge in [-0.25, -0.2) is 4.98 Å². The number of carbonyl (C=O) groups is 1. The highest BCUT2D eigenvalue weighted by molar-refractivity contribution is 7.30. The highest BCUT2D eigenvalue weighted by Gasteiger charge is 2.08. The van der Waals surface area contributed by atoms with E-state index in [2.05, 4.69) is 56.3 Å². The third kappa shape index (κ3) is 5.85. The van der Waals surface area contributed by atoms with Gasteiger partial charge in [-0.05, 0) is 68.4 Å². The number of anilines is 1. The lowest BCUT2D eigenvalue weighted by atomic mass is 10.2. The molecule has 0 aliphatic heterocycles. The van der Waals surface area contributed by atoms with Crippen molar-refractivity contribution in [3.05, 3.63) is 54.6 Å². The van der Waals surface area contributed by atoms with E-state index in [1.165, 1.54) is 35.3 Å². The van der Waals surface area contributed by atoms with Crippen LogP contribution in [0.4, 0.5) is 27.2 Å². The minimum Gasteiger partial charge on any atom is -0.427 e. The molecule has 0 N–H and O–H groups in total. The standard InChI is InChI=1S/C23H22N6O2S2/c1-4-29(5-2)18-10-6-16(7-11-18)26-28-23-24-22-20(32-23)14-21(33-22)27-25-17-8-12-19(13-9-17)31-15(3)30/h6-14H,4-5H2,1-3H3. The summed E-state index contributed by atoms with van der Waals surface area (Å²) in [4.78, 5) is 18.6. The van der Waals surface area contributed by atoms with Gasteiger partial charge in [0.2, 0.25) is 5.13 Å². The predicted molar refractivity (Wildman–Crippen MR) is 134 cm³/mol. The third-order valence-electron chi connectivity index (χ3n) is 4.66. The van der Waals surface area contributed by atoms with Crippen LogP contribution in [0.2, 0.25) is 0 Å². The second-order valence-electron chi connectivity index (χ2n) is 6.93. The maximum atomic E-state index is 11.0. The molecule has 0 aliphatic rings. The molecule has 0 aliphatic carbocycles. The topological polar surface area (TPSA) is 91.9 Å². The first-order valence-corrected chi connectivity index (χ1v) is 12.0. The quantitative estimate of drug-likeness (QED) is 0.146. The molecule has 4 rings (SSSR count). The Bertz CT molecular complexity index is 1260. The lowest BCUT2D eigenvalue weighted by Crippen LogP contribution is -2.21. The number of azo groups is 2. The van der Waals surface area contributed by atoms with E-state index in [1.54, 1.807) is 24.3 Å². The van der Waals surface area contributed by atoms with Crippen molar-refractivity contribution in [2.24, 2.45) is 20.5 Å². The maximum Gasteiger partial charge on any atom is 0.308 e. The van der Waals surface area contributed by atoms with Gasteiger partial charge in [-0.15, -0.1) is 20.5 Å². The lowest BCUT2D eigenvalue weighted by molar-refractivity contribution is -0.131. The van der Waals surface area contributed by atoms with Crippen LogP contribution in [-0.4, -0.2) is 24.0 Å². The molecule has 8 nitrogen and oxygen atoms in total. The number of benzene rings is 2. The zero-order valence-electron chi connectivity index (χ0n) is 18.4. The van der Waals surface area contributed by atoms with Gasteiger partial charge in [-0.2, -0.15) is 0 Å². The van der Waals surface area contributed by atoms with Crippen LogP contribution in [0.5, 0.6) is 5.75 Å². The molecule has 0 atom stereocenters. The van der Waals surface area contributed by atoms with Crippen LogP contribution in [0.1, 0.15) is 20.8 Å². The van der Waals surface area contributed by atoms with Gasteiger partial charge in [0.15, 0.2) is 0 Å². The van der Waals surface area contributed by atoms with Gasteiger partial charge in [-0.3, -0.25) is 4.79 Å². The molecule has 0 saturated heterocycles. The van der Waals surface area contributed by atoms with Gasteiger partial charge in [0.1, 0.15) is 15.6 Å². The van der Waals surface area contributed by atoms with Crippen LogP contribution in [0.15, 0.2) is 75.1 Å². The van der Waals surface area contributed by atoms with Gasteiger partial charge in [0.25, 0.3) is 0 Å². The average molecular weight is 479 g/mol. The lowest BCUT2D eigenvalue weighted by Gasteiger charge is -2.20. The Morgan fingerprint density at radius 3 is 2.15 bits per heavy atom. The predicted octanol–water partition coefficient (Wildman–Crippen LogP) is 7.96. The Morgan fingerprint density at radius 2 is 1.55 bits per heavy atom. The summed E-state index contributed by atoms with van der Waals surface area (Å²) in [6.45, 7) is 7.58. The van der Waals surface area contributed by atoms with Crippen LogP contribution >= 0.6 is 22.7 Å². The van der Waals surface area contributed by atoms with E-state index < -0.39 is 0 Å². The minimum atomic E-state index is -0.359. The molecule has 0 fully saturated rings. The van der Waals surface area contributed by atoms with Crippen molar-refractivity contribution in [3.63, 3.8) is 0 Å². The fraction of sp³-hybridized carbons (Fsp3) is 0.217. The monoisotopic (exact) mass is 478 g/mol. The molecular weight excluding hydrogens is 456 g/mol. The molecule has 2 heterocycles. The molecule has 10 heteroatoms. The molecule has 2 aromatic heterocycles. The Morgan fingerprint density at radius 1 is 0.909 bits per heavy atom. The maximum absolute atomic E-state index is 11.0. The van der Waals surface area contributed by atoms with Crippen molar-refractivity contribution >= 4 is 65.4 Å². The number of esters is 1. The van der Waals surface area contributed by atoms with Gasteiger partial charge in [0, 0.05) is 25.7 Å². The molecule has 0 unspecified atom stereocenters. The van der Waals surface area contributed by atoms with Gasteiger partial charge in [-0.1, -0.05) is 22.7 Å². The fourth-order valence-corrected chi connectivity index (χ4v) is 4.93.